The third-order valence-electron chi connectivity index (χ3n) is 3.29. The number of benzene rings is 1. The van der Waals surface area contributed by atoms with Crippen LogP contribution in [0.1, 0.15) is 18.4 Å². The average Bonchev–Trinajstić information content (AvgIpc) is 3.10. The Labute approximate surface area is 101 Å². The van der Waals surface area contributed by atoms with E-state index in [4.69, 9.17) is 0 Å². The van der Waals surface area contributed by atoms with Gasteiger partial charge in [-0.2, -0.15) is 13.2 Å². The van der Waals surface area contributed by atoms with E-state index in [1.54, 1.807) is 0 Å². The number of alkyl halides is 3. The SMILES string of the molecule is O=C1Nc2cc(C(F)(F)F)ccc2NC1C1CC1. The maximum absolute atomic E-state index is 12.5. The highest BCUT2D eigenvalue weighted by Gasteiger charge is 2.39. The first-order valence-corrected chi connectivity index (χ1v) is 5.74. The van der Waals surface area contributed by atoms with Gasteiger partial charge in [0.1, 0.15) is 6.04 Å². The highest BCUT2D eigenvalue weighted by atomic mass is 19.4. The minimum absolute atomic E-state index is 0.201. The van der Waals surface area contributed by atoms with E-state index in [2.05, 4.69) is 10.6 Å². The first-order chi connectivity index (χ1) is 8.45. The summed E-state index contributed by atoms with van der Waals surface area (Å²) in [6.07, 6.45) is -2.42. The fourth-order valence-electron chi connectivity index (χ4n) is 2.15. The summed E-state index contributed by atoms with van der Waals surface area (Å²) in [5.74, 6) is 0.0600. The van der Waals surface area contributed by atoms with Gasteiger partial charge < -0.3 is 10.6 Å². The zero-order valence-corrected chi connectivity index (χ0v) is 9.34. The maximum Gasteiger partial charge on any atom is 0.416 e. The molecule has 2 aliphatic rings. The Morgan fingerprint density at radius 2 is 1.89 bits per heavy atom. The van der Waals surface area contributed by atoms with Gasteiger partial charge >= 0.3 is 6.18 Å². The van der Waals surface area contributed by atoms with Crippen molar-refractivity contribution in [2.24, 2.45) is 5.92 Å². The Kier molecular flexibility index (Phi) is 2.30. The second-order valence-electron chi connectivity index (χ2n) is 4.71. The summed E-state index contributed by atoms with van der Waals surface area (Å²) < 4.78 is 37.6. The predicted molar refractivity (Wildman–Crippen MR) is 60.2 cm³/mol. The van der Waals surface area contributed by atoms with Crippen molar-refractivity contribution < 1.29 is 18.0 Å². The number of halogens is 3. The van der Waals surface area contributed by atoms with E-state index in [1.165, 1.54) is 6.07 Å². The topological polar surface area (TPSA) is 41.1 Å². The molecule has 1 aromatic rings. The molecule has 1 amide bonds. The summed E-state index contributed by atoms with van der Waals surface area (Å²) in [6, 6.07) is 3.04. The Bertz CT molecular complexity index is 509. The molecule has 1 atom stereocenters. The van der Waals surface area contributed by atoms with E-state index in [9.17, 15) is 18.0 Å². The van der Waals surface area contributed by atoms with E-state index in [0.29, 0.717) is 11.6 Å². The second-order valence-corrected chi connectivity index (χ2v) is 4.71. The Morgan fingerprint density at radius 3 is 2.50 bits per heavy atom. The number of anilines is 2. The van der Waals surface area contributed by atoms with Crippen molar-refractivity contribution >= 4 is 17.3 Å². The molecule has 3 nitrogen and oxygen atoms in total. The van der Waals surface area contributed by atoms with Gasteiger partial charge in [-0.05, 0) is 37.0 Å². The van der Waals surface area contributed by atoms with Crippen molar-refractivity contribution in [2.75, 3.05) is 10.6 Å². The fraction of sp³-hybridized carbons (Fsp3) is 0.417. The summed E-state index contributed by atoms with van der Waals surface area (Å²) in [5.41, 5.74) is -0.000512. The number of carbonyl (C=O) groups is 1. The van der Waals surface area contributed by atoms with Crippen LogP contribution in [0.2, 0.25) is 0 Å². The van der Waals surface area contributed by atoms with Crippen molar-refractivity contribution in [1.29, 1.82) is 0 Å². The molecule has 1 unspecified atom stereocenters. The zero-order chi connectivity index (χ0) is 12.9. The third kappa shape index (κ3) is 1.91. The van der Waals surface area contributed by atoms with Crippen LogP contribution in [0.25, 0.3) is 0 Å². The molecule has 0 spiro atoms. The molecule has 1 aromatic carbocycles. The molecule has 0 radical (unpaired) electrons. The summed E-state index contributed by atoms with van der Waals surface area (Å²) in [4.78, 5) is 11.7. The molecule has 1 saturated carbocycles. The van der Waals surface area contributed by atoms with Crippen molar-refractivity contribution in [3.05, 3.63) is 23.8 Å². The molecular formula is C12H11F3N2O. The minimum Gasteiger partial charge on any atom is -0.372 e. The van der Waals surface area contributed by atoms with Gasteiger partial charge in [0.05, 0.1) is 16.9 Å². The van der Waals surface area contributed by atoms with Crippen LogP contribution in [0.15, 0.2) is 18.2 Å². The van der Waals surface area contributed by atoms with Crippen LogP contribution >= 0.6 is 0 Å². The highest BCUT2D eigenvalue weighted by Crippen LogP contribution is 2.40. The number of carbonyl (C=O) groups excluding carboxylic acids is 1. The standard InChI is InChI=1S/C12H11F3N2O/c13-12(14,15)7-3-4-8-9(5-7)17-11(18)10(16-8)6-1-2-6/h3-6,10,16H,1-2H2,(H,17,18). The van der Waals surface area contributed by atoms with E-state index in [-0.39, 0.29) is 17.6 Å². The van der Waals surface area contributed by atoms with Crippen molar-refractivity contribution in [1.82, 2.24) is 0 Å². The van der Waals surface area contributed by atoms with E-state index in [0.717, 1.165) is 25.0 Å². The van der Waals surface area contributed by atoms with Crippen LogP contribution in [0, 0.1) is 5.92 Å². The van der Waals surface area contributed by atoms with Gasteiger partial charge in [-0.25, -0.2) is 0 Å². The molecular weight excluding hydrogens is 245 g/mol. The van der Waals surface area contributed by atoms with Crippen LogP contribution in [0.5, 0.6) is 0 Å². The summed E-state index contributed by atoms with van der Waals surface area (Å²) in [7, 11) is 0. The first-order valence-electron chi connectivity index (χ1n) is 5.74. The highest BCUT2D eigenvalue weighted by molar-refractivity contribution is 6.03. The molecule has 6 heteroatoms. The van der Waals surface area contributed by atoms with Crippen LogP contribution in [0.4, 0.5) is 24.5 Å². The Morgan fingerprint density at radius 1 is 1.17 bits per heavy atom. The van der Waals surface area contributed by atoms with Crippen molar-refractivity contribution in [3.8, 4) is 0 Å². The number of hydrogen-bond acceptors (Lipinski definition) is 2. The number of rotatable bonds is 1. The third-order valence-corrected chi connectivity index (χ3v) is 3.29. The van der Waals surface area contributed by atoms with Gasteiger partial charge in [-0.3, -0.25) is 4.79 Å². The Hall–Kier alpha value is -1.72. The first kappa shape index (κ1) is 11.4. The lowest BCUT2D eigenvalue weighted by atomic mass is 10.1. The zero-order valence-electron chi connectivity index (χ0n) is 9.34. The molecule has 1 aliphatic heterocycles. The van der Waals surface area contributed by atoms with Crippen molar-refractivity contribution in [3.63, 3.8) is 0 Å². The summed E-state index contributed by atoms with van der Waals surface area (Å²) in [5, 5.41) is 5.55. The smallest absolute Gasteiger partial charge is 0.372 e. The molecule has 2 N–H and O–H groups in total. The lowest BCUT2D eigenvalue weighted by molar-refractivity contribution is -0.137. The number of hydrogen-bond donors (Lipinski definition) is 2. The Balaban J connectivity index is 1.92. The minimum atomic E-state index is -4.40. The number of amides is 1. The van der Waals surface area contributed by atoms with Crippen LogP contribution in [0.3, 0.4) is 0 Å². The summed E-state index contributed by atoms with van der Waals surface area (Å²) in [6.45, 7) is 0. The van der Waals surface area contributed by atoms with Crippen LogP contribution in [-0.4, -0.2) is 11.9 Å². The molecule has 96 valence electrons. The van der Waals surface area contributed by atoms with E-state index in [1.807, 2.05) is 0 Å². The van der Waals surface area contributed by atoms with Crippen molar-refractivity contribution in [2.45, 2.75) is 25.1 Å². The van der Waals surface area contributed by atoms with Gasteiger partial charge in [0, 0.05) is 0 Å². The number of nitrogens with one attached hydrogen (secondary N) is 2. The van der Waals surface area contributed by atoms with Gasteiger partial charge in [0.15, 0.2) is 0 Å². The largest absolute Gasteiger partial charge is 0.416 e. The second kappa shape index (κ2) is 3.63. The molecule has 0 aromatic heterocycles. The average molecular weight is 256 g/mol. The molecule has 1 aliphatic carbocycles. The van der Waals surface area contributed by atoms with Crippen LogP contribution < -0.4 is 10.6 Å². The number of fused-ring (bicyclic) bond motifs is 1. The molecule has 3 rings (SSSR count). The van der Waals surface area contributed by atoms with E-state index < -0.39 is 11.7 Å². The quantitative estimate of drug-likeness (QED) is 0.811. The van der Waals surface area contributed by atoms with Gasteiger partial charge in [0.25, 0.3) is 0 Å². The molecule has 18 heavy (non-hydrogen) atoms. The lowest BCUT2D eigenvalue weighted by Gasteiger charge is -2.27. The maximum atomic E-state index is 12.5. The summed E-state index contributed by atoms with van der Waals surface area (Å²) >= 11 is 0. The lowest BCUT2D eigenvalue weighted by Crippen LogP contribution is -2.40. The normalized spacial score (nSPS) is 23.1. The fourth-order valence-corrected chi connectivity index (χ4v) is 2.15. The van der Waals surface area contributed by atoms with Gasteiger partial charge in [-0.15, -0.1) is 0 Å². The van der Waals surface area contributed by atoms with Gasteiger partial charge in [-0.1, -0.05) is 0 Å². The van der Waals surface area contributed by atoms with Crippen LogP contribution in [-0.2, 0) is 11.0 Å². The van der Waals surface area contributed by atoms with Gasteiger partial charge in [0.2, 0.25) is 5.91 Å². The monoisotopic (exact) mass is 256 g/mol. The molecule has 0 saturated heterocycles. The molecule has 1 fully saturated rings. The predicted octanol–water partition coefficient (Wildman–Crippen LogP) is 2.85. The van der Waals surface area contributed by atoms with E-state index >= 15 is 0 Å². The molecule has 1 heterocycles. The molecule has 0 bridgehead atoms.